The van der Waals surface area contributed by atoms with Crippen LogP contribution in [0, 0.1) is 6.92 Å². The third kappa shape index (κ3) is 0.925. The van der Waals surface area contributed by atoms with Gasteiger partial charge in [-0.3, -0.25) is 5.11 Å². The second kappa shape index (κ2) is 2.48. The summed E-state index contributed by atoms with van der Waals surface area (Å²) in [5.74, 6) is -0.142. The number of benzene rings is 1. The molecule has 0 N–H and O–H groups in total. The molecule has 1 aromatic heterocycles. The second-order valence-electron chi connectivity index (χ2n) is 2.79. The monoisotopic (exact) mass is 158 g/mol. The van der Waals surface area contributed by atoms with Crippen LogP contribution in [0.15, 0.2) is 30.5 Å². The number of fused-ring (bicyclic) bond motifs is 1. The molecule has 0 fully saturated rings. The van der Waals surface area contributed by atoms with Crippen LogP contribution in [0.3, 0.4) is 0 Å². The van der Waals surface area contributed by atoms with Crippen LogP contribution in [0.4, 0.5) is 0 Å². The lowest BCUT2D eigenvalue weighted by molar-refractivity contribution is 0.343. The van der Waals surface area contributed by atoms with Crippen LogP contribution in [0.5, 0.6) is 5.88 Å². The quantitative estimate of drug-likeness (QED) is 0.580. The van der Waals surface area contributed by atoms with Gasteiger partial charge in [0.25, 0.3) is 5.88 Å². The van der Waals surface area contributed by atoms with Gasteiger partial charge < -0.3 is 0 Å². The third-order valence-corrected chi connectivity index (χ3v) is 1.99. The molecular formula is C10H8NO. The average molecular weight is 158 g/mol. The molecule has 2 rings (SSSR count). The Kier molecular flexibility index (Phi) is 1.47. The lowest BCUT2D eigenvalue weighted by Crippen LogP contribution is -1.79. The molecule has 0 amide bonds. The Labute approximate surface area is 70.5 Å². The molecule has 0 spiro atoms. The van der Waals surface area contributed by atoms with Gasteiger partial charge in [0, 0.05) is 11.6 Å². The van der Waals surface area contributed by atoms with Gasteiger partial charge in [0.1, 0.15) is 0 Å². The Bertz CT molecular complexity index is 382. The molecule has 2 heteroatoms. The summed E-state index contributed by atoms with van der Waals surface area (Å²) in [6.45, 7) is 1.99. The summed E-state index contributed by atoms with van der Waals surface area (Å²) in [5.41, 5.74) is 1.12. The third-order valence-electron chi connectivity index (χ3n) is 1.99. The number of aromatic nitrogens is 1. The van der Waals surface area contributed by atoms with E-state index in [9.17, 15) is 5.11 Å². The Morgan fingerprint density at radius 3 is 2.75 bits per heavy atom. The first-order valence-corrected chi connectivity index (χ1v) is 3.80. The lowest BCUT2D eigenvalue weighted by Gasteiger charge is -1.99. The van der Waals surface area contributed by atoms with Crippen LogP contribution in [0.1, 0.15) is 5.56 Å². The van der Waals surface area contributed by atoms with Gasteiger partial charge in [0.05, 0.1) is 0 Å². The first kappa shape index (κ1) is 7.10. The number of nitrogens with zero attached hydrogens (tertiary/aromatic N) is 1. The van der Waals surface area contributed by atoms with Crippen molar-refractivity contribution in [1.29, 1.82) is 0 Å². The smallest absolute Gasteiger partial charge is 0.267 e. The number of aryl methyl sites for hydroxylation is 1. The van der Waals surface area contributed by atoms with Gasteiger partial charge in [-0.2, -0.15) is 0 Å². The van der Waals surface area contributed by atoms with Crippen molar-refractivity contribution in [2.45, 2.75) is 6.92 Å². The first-order valence-electron chi connectivity index (χ1n) is 3.80. The van der Waals surface area contributed by atoms with E-state index >= 15 is 0 Å². The van der Waals surface area contributed by atoms with Crippen LogP contribution in [-0.4, -0.2) is 4.98 Å². The van der Waals surface area contributed by atoms with E-state index < -0.39 is 0 Å². The molecule has 1 aromatic carbocycles. The van der Waals surface area contributed by atoms with Gasteiger partial charge in [0.15, 0.2) is 0 Å². The Morgan fingerprint density at radius 2 is 2.00 bits per heavy atom. The lowest BCUT2D eigenvalue weighted by atomic mass is 10.1. The van der Waals surface area contributed by atoms with Gasteiger partial charge in [0.2, 0.25) is 0 Å². The largest absolute Gasteiger partial charge is 0.277 e. The molecule has 0 aliphatic rings. The van der Waals surface area contributed by atoms with E-state index in [1.807, 2.05) is 25.1 Å². The highest BCUT2D eigenvalue weighted by molar-refractivity contribution is 5.88. The van der Waals surface area contributed by atoms with Crippen molar-refractivity contribution in [3.05, 3.63) is 36.0 Å². The molecule has 59 valence electrons. The summed E-state index contributed by atoms with van der Waals surface area (Å²) >= 11 is 0. The van der Waals surface area contributed by atoms with E-state index in [0.717, 1.165) is 10.9 Å². The van der Waals surface area contributed by atoms with Crippen LogP contribution in [-0.2, 0) is 5.11 Å². The van der Waals surface area contributed by atoms with Crippen molar-refractivity contribution < 1.29 is 5.11 Å². The summed E-state index contributed by atoms with van der Waals surface area (Å²) in [6.07, 6.45) is 1.55. The maximum Gasteiger partial charge on any atom is 0.277 e. The Balaban J connectivity index is 2.94. The SMILES string of the molecule is Cc1cccc2c([O])nccc12. The molecule has 1 radical (unpaired) electrons. The summed E-state index contributed by atoms with van der Waals surface area (Å²) in [7, 11) is 0. The van der Waals surface area contributed by atoms with Crippen LogP contribution in [0.25, 0.3) is 10.8 Å². The van der Waals surface area contributed by atoms with E-state index in [2.05, 4.69) is 4.98 Å². The van der Waals surface area contributed by atoms with Crippen LogP contribution >= 0.6 is 0 Å². The highest BCUT2D eigenvalue weighted by Crippen LogP contribution is 2.24. The molecular weight excluding hydrogens is 150 g/mol. The fourth-order valence-corrected chi connectivity index (χ4v) is 1.34. The van der Waals surface area contributed by atoms with Gasteiger partial charge >= 0.3 is 0 Å². The van der Waals surface area contributed by atoms with E-state index in [-0.39, 0.29) is 5.88 Å². The molecule has 0 saturated carbocycles. The maximum absolute atomic E-state index is 11.2. The minimum absolute atomic E-state index is 0.142. The molecule has 0 atom stereocenters. The zero-order chi connectivity index (χ0) is 8.55. The number of hydrogen-bond donors (Lipinski definition) is 0. The highest BCUT2D eigenvalue weighted by atomic mass is 16.3. The maximum atomic E-state index is 11.2. The molecule has 1 heterocycles. The fourth-order valence-electron chi connectivity index (χ4n) is 1.34. The summed E-state index contributed by atoms with van der Waals surface area (Å²) in [6, 6.07) is 7.53. The molecule has 0 unspecified atom stereocenters. The van der Waals surface area contributed by atoms with Crippen molar-refractivity contribution >= 4 is 10.8 Å². The predicted molar refractivity (Wildman–Crippen MR) is 46.6 cm³/mol. The zero-order valence-electron chi connectivity index (χ0n) is 6.74. The molecule has 0 saturated heterocycles. The molecule has 12 heavy (non-hydrogen) atoms. The van der Waals surface area contributed by atoms with Crippen molar-refractivity contribution in [1.82, 2.24) is 4.98 Å². The fraction of sp³-hybridized carbons (Fsp3) is 0.100. The van der Waals surface area contributed by atoms with Gasteiger partial charge in [-0.25, -0.2) is 4.98 Å². The molecule has 2 aromatic rings. The van der Waals surface area contributed by atoms with Crippen molar-refractivity contribution in [2.75, 3.05) is 0 Å². The van der Waals surface area contributed by atoms with Crippen molar-refractivity contribution in [3.8, 4) is 5.88 Å². The van der Waals surface area contributed by atoms with E-state index in [1.165, 1.54) is 0 Å². The zero-order valence-corrected chi connectivity index (χ0v) is 6.74. The summed E-state index contributed by atoms with van der Waals surface area (Å²) in [4.78, 5) is 3.69. The van der Waals surface area contributed by atoms with Crippen LogP contribution in [0.2, 0.25) is 0 Å². The summed E-state index contributed by atoms with van der Waals surface area (Å²) in [5, 5.41) is 12.9. The number of rotatable bonds is 0. The van der Waals surface area contributed by atoms with E-state index in [1.54, 1.807) is 12.3 Å². The number of pyridine rings is 1. The van der Waals surface area contributed by atoms with E-state index in [0.29, 0.717) is 5.39 Å². The normalized spacial score (nSPS) is 10.4. The standard InChI is InChI=1S/C10H8NO/c1-7-3-2-4-9-8(7)5-6-11-10(9)12/h2-6H,1H3. The van der Waals surface area contributed by atoms with Gasteiger partial charge in [-0.15, -0.1) is 0 Å². The van der Waals surface area contributed by atoms with Crippen molar-refractivity contribution in [2.24, 2.45) is 0 Å². The molecule has 0 bridgehead atoms. The van der Waals surface area contributed by atoms with Crippen LogP contribution < -0.4 is 0 Å². The highest BCUT2D eigenvalue weighted by Gasteiger charge is 2.02. The molecule has 0 aliphatic carbocycles. The molecule has 0 aliphatic heterocycles. The minimum Gasteiger partial charge on any atom is -0.267 e. The Morgan fingerprint density at radius 1 is 1.17 bits per heavy atom. The van der Waals surface area contributed by atoms with Crippen molar-refractivity contribution in [3.63, 3.8) is 0 Å². The molecule has 2 nitrogen and oxygen atoms in total. The topological polar surface area (TPSA) is 32.8 Å². The summed E-state index contributed by atoms with van der Waals surface area (Å²) < 4.78 is 0. The Hall–Kier alpha value is -1.57. The van der Waals surface area contributed by atoms with Gasteiger partial charge in [-0.05, 0) is 30.0 Å². The minimum atomic E-state index is -0.142. The number of hydrogen-bond acceptors (Lipinski definition) is 1. The average Bonchev–Trinajstić information content (AvgIpc) is 2.07. The first-order chi connectivity index (χ1) is 5.79. The predicted octanol–water partition coefficient (Wildman–Crippen LogP) is 2.69. The van der Waals surface area contributed by atoms with Gasteiger partial charge in [-0.1, -0.05) is 12.1 Å². The van der Waals surface area contributed by atoms with E-state index in [4.69, 9.17) is 0 Å². The second-order valence-corrected chi connectivity index (χ2v) is 2.79.